The lowest BCUT2D eigenvalue weighted by Crippen LogP contribution is -2.21. The standard InChI is InChI=1S/C11H23NO/c1-2-3-4-5-6-10-9-11(10)12-7-8-13/h10-13H,2-9H2,1H3. The normalized spacial score (nSPS) is 26.3. The second-order valence-corrected chi connectivity index (χ2v) is 4.13. The van der Waals surface area contributed by atoms with Crippen LogP contribution < -0.4 is 5.32 Å². The number of nitrogens with one attached hydrogen (secondary N) is 1. The molecular weight excluding hydrogens is 162 g/mol. The van der Waals surface area contributed by atoms with E-state index >= 15 is 0 Å². The van der Waals surface area contributed by atoms with Gasteiger partial charge in [0.1, 0.15) is 0 Å². The van der Waals surface area contributed by atoms with E-state index in [0.29, 0.717) is 0 Å². The summed E-state index contributed by atoms with van der Waals surface area (Å²) >= 11 is 0. The number of rotatable bonds is 8. The van der Waals surface area contributed by atoms with Crippen LogP contribution in [0.5, 0.6) is 0 Å². The molecule has 2 heteroatoms. The highest BCUT2D eigenvalue weighted by molar-refractivity contribution is 4.92. The second kappa shape index (κ2) is 6.39. The molecule has 1 fully saturated rings. The molecule has 2 atom stereocenters. The van der Waals surface area contributed by atoms with Crippen LogP contribution in [0.4, 0.5) is 0 Å². The molecule has 78 valence electrons. The van der Waals surface area contributed by atoms with E-state index in [2.05, 4.69) is 12.2 Å². The van der Waals surface area contributed by atoms with Gasteiger partial charge in [-0.05, 0) is 18.8 Å². The van der Waals surface area contributed by atoms with Crippen LogP contribution >= 0.6 is 0 Å². The first-order valence-electron chi connectivity index (χ1n) is 5.72. The lowest BCUT2D eigenvalue weighted by atomic mass is 10.1. The molecule has 0 bridgehead atoms. The highest BCUT2D eigenvalue weighted by Crippen LogP contribution is 2.35. The fourth-order valence-corrected chi connectivity index (χ4v) is 1.90. The zero-order chi connectivity index (χ0) is 9.52. The third-order valence-electron chi connectivity index (χ3n) is 2.87. The lowest BCUT2D eigenvalue weighted by molar-refractivity contribution is 0.290. The van der Waals surface area contributed by atoms with Crippen molar-refractivity contribution in [2.75, 3.05) is 13.2 Å². The summed E-state index contributed by atoms with van der Waals surface area (Å²) in [6.07, 6.45) is 8.25. The van der Waals surface area contributed by atoms with Gasteiger partial charge in [0.25, 0.3) is 0 Å². The number of aliphatic hydroxyl groups excluding tert-OH is 1. The molecule has 1 rings (SSSR count). The van der Waals surface area contributed by atoms with Crippen molar-refractivity contribution >= 4 is 0 Å². The molecule has 0 aromatic carbocycles. The minimum atomic E-state index is 0.277. The van der Waals surface area contributed by atoms with Crippen LogP contribution in [-0.2, 0) is 0 Å². The van der Waals surface area contributed by atoms with E-state index in [1.807, 2.05) is 0 Å². The smallest absolute Gasteiger partial charge is 0.0556 e. The Hall–Kier alpha value is -0.0800. The zero-order valence-electron chi connectivity index (χ0n) is 8.76. The van der Waals surface area contributed by atoms with Crippen molar-refractivity contribution in [3.8, 4) is 0 Å². The molecule has 1 saturated carbocycles. The lowest BCUT2D eigenvalue weighted by Gasteiger charge is -2.01. The van der Waals surface area contributed by atoms with Gasteiger partial charge in [0.05, 0.1) is 6.61 Å². The average molecular weight is 185 g/mol. The Kier molecular flexibility index (Phi) is 5.40. The summed E-state index contributed by atoms with van der Waals surface area (Å²) in [7, 11) is 0. The molecule has 0 amide bonds. The summed E-state index contributed by atoms with van der Waals surface area (Å²) in [5.41, 5.74) is 0. The molecule has 13 heavy (non-hydrogen) atoms. The molecule has 0 aliphatic heterocycles. The Morgan fingerprint density at radius 3 is 2.85 bits per heavy atom. The SMILES string of the molecule is CCCCCCC1CC1NCCO. The van der Waals surface area contributed by atoms with Crippen LogP contribution in [0.2, 0.25) is 0 Å². The fraction of sp³-hybridized carbons (Fsp3) is 1.00. The van der Waals surface area contributed by atoms with Crippen LogP contribution in [-0.4, -0.2) is 24.3 Å². The van der Waals surface area contributed by atoms with Crippen molar-refractivity contribution in [1.29, 1.82) is 0 Å². The van der Waals surface area contributed by atoms with Crippen LogP contribution in [0.1, 0.15) is 45.4 Å². The number of hydrogen-bond acceptors (Lipinski definition) is 2. The number of aliphatic hydroxyl groups is 1. The fourth-order valence-electron chi connectivity index (χ4n) is 1.90. The van der Waals surface area contributed by atoms with Gasteiger partial charge in [-0.15, -0.1) is 0 Å². The van der Waals surface area contributed by atoms with Crippen LogP contribution in [0.3, 0.4) is 0 Å². The molecule has 0 heterocycles. The largest absolute Gasteiger partial charge is 0.395 e. The summed E-state index contributed by atoms with van der Waals surface area (Å²) in [6, 6.07) is 0.730. The number of unbranched alkanes of at least 4 members (excludes halogenated alkanes) is 3. The van der Waals surface area contributed by atoms with Gasteiger partial charge in [-0.3, -0.25) is 0 Å². The minimum absolute atomic E-state index is 0.277. The topological polar surface area (TPSA) is 32.3 Å². The van der Waals surface area contributed by atoms with Crippen molar-refractivity contribution < 1.29 is 5.11 Å². The Morgan fingerprint density at radius 1 is 1.31 bits per heavy atom. The van der Waals surface area contributed by atoms with Gasteiger partial charge in [0.2, 0.25) is 0 Å². The first-order valence-corrected chi connectivity index (χ1v) is 5.72. The molecule has 0 spiro atoms. The van der Waals surface area contributed by atoms with E-state index in [-0.39, 0.29) is 6.61 Å². The summed E-state index contributed by atoms with van der Waals surface area (Å²) in [4.78, 5) is 0. The van der Waals surface area contributed by atoms with Crippen LogP contribution in [0.25, 0.3) is 0 Å². The Morgan fingerprint density at radius 2 is 2.15 bits per heavy atom. The molecule has 1 aliphatic carbocycles. The van der Waals surface area contributed by atoms with E-state index in [0.717, 1.165) is 18.5 Å². The number of hydrogen-bond donors (Lipinski definition) is 2. The van der Waals surface area contributed by atoms with E-state index < -0.39 is 0 Å². The molecule has 2 unspecified atom stereocenters. The summed E-state index contributed by atoms with van der Waals surface area (Å²) in [5, 5.41) is 12.0. The van der Waals surface area contributed by atoms with Crippen LogP contribution in [0, 0.1) is 5.92 Å². The quantitative estimate of drug-likeness (QED) is 0.566. The van der Waals surface area contributed by atoms with Crippen LogP contribution in [0.15, 0.2) is 0 Å². The Labute approximate surface area is 81.7 Å². The van der Waals surface area contributed by atoms with E-state index in [1.54, 1.807) is 0 Å². The van der Waals surface area contributed by atoms with E-state index in [1.165, 1.54) is 38.5 Å². The maximum atomic E-state index is 8.61. The Bertz CT molecular complexity index is 127. The first kappa shape index (κ1) is 11.0. The monoisotopic (exact) mass is 185 g/mol. The van der Waals surface area contributed by atoms with Crippen molar-refractivity contribution in [3.05, 3.63) is 0 Å². The highest BCUT2D eigenvalue weighted by Gasteiger charge is 2.35. The van der Waals surface area contributed by atoms with Gasteiger partial charge in [-0.2, -0.15) is 0 Å². The molecule has 2 N–H and O–H groups in total. The highest BCUT2D eigenvalue weighted by atomic mass is 16.3. The van der Waals surface area contributed by atoms with Gasteiger partial charge < -0.3 is 10.4 Å². The molecule has 0 aromatic heterocycles. The average Bonchev–Trinajstić information content (AvgIpc) is 2.88. The zero-order valence-corrected chi connectivity index (χ0v) is 8.76. The third kappa shape index (κ3) is 4.63. The third-order valence-corrected chi connectivity index (χ3v) is 2.87. The molecule has 1 aliphatic rings. The molecule has 0 aromatic rings. The predicted molar refractivity (Wildman–Crippen MR) is 55.7 cm³/mol. The van der Waals surface area contributed by atoms with Crippen molar-refractivity contribution in [2.24, 2.45) is 5.92 Å². The summed E-state index contributed by atoms with van der Waals surface area (Å²) in [5.74, 6) is 0.920. The molecular formula is C11H23NO. The second-order valence-electron chi connectivity index (χ2n) is 4.13. The van der Waals surface area contributed by atoms with Gasteiger partial charge in [0, 0.05) is 12.6 Å². The van der Waals surface area contributed by atoms with Crippen molar-refractivity contribution in [2.45, 2.75) is 51.5 Å². The minimum Gasteiger partial charge on any atom is -0.395 e. The first-order chi connectivity index (χ1) is 6.38. The Balaban J connectivity index is 1.83. The molecule has 0 saturated heterocycles. The summed E-state index contributed by atoms with van der Waals surface area (Å²) < 4.78 is 0. The van der Waals surface area contributed by atoms with Crippen molar-refractivity contribution in [3.63, 3.8) is 0 Å². The van der Waals surface area contributed by atoms with Crippen molar-refractivity contribution in [1.82, 2.24) is 5.32 Å². The predicted octanol–water partition coefficient (Wildman–Crippen LogP) is 1.93. The van der Waals surface area contributed by atoms with Gasteiger partial charge in [0.15, 0.2) is 0 Å². The van der Waals surface area contributed by atoms with Gasteiger partial charge in [-0.1, -0.05) is 32.6 Å². The van der Waals surface area contributed by atoms with E-state index in [9.17, 15) is 0 Å². The van der Waals surface area contributed by atoms with E-state index in [4.69, 9.17) is 5.11 Å². The van der Waals surface area contributed by atoms with Gasteiger partial charge >= 0.3 is 0 Å². The van der Waals surface area contributed by atoms with Gasteiger partial charge in [-0.25, -0.2) is 0 Å². The molecule has 2 nitrogen and oxygen atoms in total. The maximum Gasteiger partial charge on any atom is 0.0556 e. The molecule has 0 radical (unpaired) electrons. The summed E-state index contributed by atoms with van der Waals surface area (Å²) in [6.45, 7) is 3.30. The maximum absolute atomic E-state index is 8.61.